The number of fused-ring (bicyclic) bond motifs is 1. The number of carbonyl (C=O) groups is 2. The lowest BCUT2D eigenvalue weighted by Gasteiger charge is -2.09. The number of aromatic nitrogens is 2. The summed E-state index contributed by atoms with van der Waals surface area (Å²) in [4.78, 5) is 26.6. The first kappa shape index (κ1) is 22.8. The topological polar surface area (TPSA) is 102 Å². The summed E-state index contributed by atoms with van der Waals surface area (Å²) in [6.45, 7) is 0.682. The van der Waals surface area contributed by atoms with Crippen molar-refractivity contribution in [1.82, 2.24) is 15.1 Å². The van der Waals surface area contributed by atoms with E-state index in [1.54, 1.807) is 30.3 Å². The number of carbonyl (C=O) groups excluding carboxylic acids is 2. The summed E-state index contributed by atoms with van der Waals surface area (Å²) < 4.78 is 0. The zero-order valence-corrected chi connectivity index (χ0v) is 19.0. The summed E-state index contributed by atoms with van der Waals surface area (Å²) in [5, 5.41) is 17.3. The first-order chi connectivity index (χ1) is 16.5. The van der Waals surface area contributed by atoms with E-state index in [0.29, 0.717) is 29.3 Å². The van der Waals surface area contributed by atoms with Crippen LogP contribution in [0.2, 0.25) is 0 Å². The van der Waals surface area contributed by atoms with Crippen molar-refractivity contribution in [3.8, 4) is 0 Å². The highest BCUT2D eigenvalue weighted by molar-refractivity contribution is 6.05. The molecule has 3 aromatic carbocycles. The van der Waals surface area contributed by atoms with E-state index in [1.807, 2.05) is 67.5 Å². The summed E-state index contributed by atoms with van der Waals surface area (Å²) in [7, 11) is 3.86. The molecule has 4 N–H and O–H groups in total. The molecule has 4 rings (SSSR count). The first-order valence-corrected chi connectivity index (χ1v) is 10.8. The maximum Gasteiger partial charge on any atom is 0.255 e. The minimum Gasteiger partial charge on any atom is -0.338 e. The van der Waals surface area contributed by atoms with E-state index in [0.717, 1.165) is 16.6 Å². The molecule has 0 aliphatic carbocycles. The monoisotopic (exact) mass is 454 g/mol. The summed E-state index contributed by atoms with van der Waals surface area (Å²) >= 11 is 0. The molecular weight excluding hydrogens is 428 g/mol. The Bertz CT molecular complexity index is 1320. The number of rotatable bonds is 8. The Labute approximate surface area is 197 Å². The van der Waals surface area contributed by atoms with Crippen molar-refractivity contribution in [3.63, 3.8) is 0 Å². The zero-order valence-electron chi connectivity index (χ0n) is 19.0. The number of likely N-dealkylation sites (N-methyl/N-ethyl adjacent to an activating group) is 1. The van der Waals surface area contributed by atoms with Gasteiger partial charge >= 0.3 is 0 Å². The zero-order chi connectivity index (χ0) is 23.9. The maximum atomic E-state index is 12.7. The van der Waals surface area contributed by atoms with Crippen LogP contribution < -0.4 is 16.0 Å². The first-order valence-electron chi connectivity index (χ1n) is 10.8. The molecule has 0 saturated heterocycles. The van der Waals surface area contributed by atoms with Gasteiger partial charge in [-0.15, -0.1) is 0 Å². The average molecular weight is 455 g/mol. The molecule has 4 aromatic rings. The summed E-state index contributed by atoms with van der Waals surface area (Å²) in [5.41, 5.74) is 3.50. The van der Waals surface area contributed by atoms with Crippen LogP contribution in [0.3, 0.4) is 0 Å². The molecule has 34 heavy (non-hydrogen) atoms. The lowest BCUT2D eigenvalue weighted by Crippen LogP contribution is -2.13. The summed E-state index contributed by atoms with van der Waals surface area (Å²) in [5.74, 6) is 0.257. The van der Waals surface area contributed by atoms with E-state index in [4.69, 9.17) is 0 Å². The second-order valence-electron chi connectivity index (χ2n) is 8.01. The molecule has 0 unspecified atom stereocenters. The van der Waals surface area contributed by atoms with Gasteiger partial charge in [0.25, 0.3) is 5.91 Å². The predicted molar refractivity (Wildman–Crippen MR) is 137 cm³/mol. The molecule has 0 aliphatic rings. The molecule has 0 fully saturated rings. The molecule has 172 valence electrons. The number of benzene rings is 3. The average Bonchev–Trinajstić information content (AvgIpc) is 3.22. The van der Waals surface area contributed by atoms with Crippen LogP contribution in [0.1, 0.15) is 10.4 Å². The van der Waals surface area contributed by atoms with Gasteiger partial charge in [-0.3, -0.25) is 14.7 Å². The number of nitrogens with zero attached hydrogens (tertiary/aromatic N) is 2. The Morgan fingerprint density at radius 2 is 1.68 bits per heavy atom. The fourth-order valence-corrected chi connectivity index (χ4v) is 3.33. The number of H-pyrrole nitrogens is 1. The molecule has 0 atom stereocenters. The van der Waals surface area contributed by atoms with Crippen LogP contribution in [0.5, 0.6) is 0 Å². The molecule has 2 amide bonds. The highest BCUT2D eigenvalue weighted by Gasteiger charge is 2.09. The molecule has 0 aliphatic heterocycles. The highest BCUT2D eigenvalue weighted by Crippen LogP contribution is 2.25. The largest absolute Gasteiger partial charge is 0.338 e. The van der Waals surface area contributed by atoms with Gasteiger partial charge in [0.2, 0.25) is 5.91 Å². The van der Waals surface area contributed by atoms with Crippen LogP contribution in [0.15, 0.2) is 84.9 Å². The Morgan fingerprint density at radius 3 is 2.47 bits per heavy atom. The van der Waals surface area contributed by atoms with Gasteiger partial charge < -0.3 is 20.9 Å². The lowest BCUT2D eigenvalue weighted by molar-refractivity contribution is -0.111. The Kier molecular flexibility index (Phi) is 7.00. The minimum absolute atomic E-state index is 0.215. The third-order valence-corrected chi connectivity index (χ3v) is 5.01. The molecule has 1 aromatic heterocycles. The number of amides is 2. The predicted octanol–water partition coefficient (Wildman–Crippen LogP) is 4.62. The van der Waals surface area contributed by atoms with Crippen molar-refractivity contribution in [2.75, 3.05) is 36.6 Å². The van der Waals surface area contributed by atoms with Crippen LogP contribution in [0, 0.1) is 0 Å². The molecule has 1 heterocycles. The minimum atomic E-state index is -0.244. The van der Waals surface area contributed by atoms with Crippen LogP contribution in [0.4, 0.5) is 22.9 Å². The van der Waals surface area contributed by atoms with Crippen molar-refractivity contribution in [1.29, 1.82) is 0 Å². The number of para-hydroxylation sites is 1. The second kappa shape index (κ2) is 10.5. The van der Waals surface area contributed by atoms with Crippen molar-refractivity contribution < 1.29 is 9.59 Å². The number of hydrogen-bond donors (Lipinski definition) is 4. The second-order valence-corrected chi connectivity index (χ2v) is 8.01. The molecular formula is C26H26N6O2. The van der Waals surface area contributed by atoms with E-state index in [2.05, 4.69) is 26.1 Å². The van der Waals surface area contributed by atoms with Crippen LogP contribution in [-0.4, -0.2) is 47.6 Å². The number of nitrogens with one attached hydrogen (secondary N) is 4. The van der Waals surface area contributed by atoms with E-state index in [-0.39, 0.29) is 11.8 Å². The van der Waals surface area contributed by atoms with Gasteiger partial charge in [-0.1, -0.05) is 24.3 Å². The molecule has 0 spiro atoms. The van der Waals surface area contributed by atoms with E-state index in [1.165, 1.54) is 6.08 Å². The van der Waals surface area contributed by atoms with Crippen molar-refractivity contribution >= 4 is 45.6 Å². The fraction of sp³-hybridized carbons (Fsp3) is 0.115. The van der Waals surface area contributed by atoms with E-state index in [9.17, 15) is 9.59 Å². The standard InChI is InChI=1S/C26H26N6O2/c1-32(2)16-6-11-24(33)27-19-14-12-18(13-15-19)26(34)29-21-8-5-7-20(17-21)28-25-22-9-3-4-10-23(22)30-31-25/h3-15,17H,16H2,1-2H3,(H,27,33)(H,29,34)(H2,28,30,31)/b11-6+. The smallest absolute Gasteiger partial charge is 0.255 e. The van der Waals surface area contributed by atoms with E-state index < -0.39 is 0 Å². The van der Waals surface area contributed by atoms with Gasteiger partial charge in [-0.25, -0.2) is 0 Å². The van der Waals surface area contributed by atoms with E-state index >= 15 is 0 Å². The number of hydrogen-bond acceptors (Lipinski definition) is 5. The van der Waals surface area contributed by atoms with Gasteiger partial charge in [-0.2, -0.15) is 5.10 Å². The van der Waals surface area contributed by atoms with Gasteiger partial charge in [0.05, 0.1) is 5.52 Å². The quantitative estimate of drug-likeness (QED) is 0.291. The number of anilines is 4. The molecule has 0 saturated carbocycles. The molecule has 8 heteroatoms. The molecule has 0 bridgehead atoms. The van der Waals surface area contributed by atoms with Crippen molar-refractivity contribution in [2.24, 2.45) is 0 Å². The Balaban J connectivity index is 1.37. The fourth-order valence-electron chi connectivity index (χ4n) is 3.33. The van der Waals surface area contributed by atoms with Gasteiger partial charge in [-0.05, 0) is 68.7 Å². The van der Waals surface area contributed by atoms with Crippen molar-refractivity contribution in [3.05, 3.63) is 90.5 Å². The maximum absolute atomic E-state index is 12.7. The normalized spacial score (nSPS) is 11.1. The van der Waals surface area contributed by atoms with Gasteiger partial charge in [0.15, 0.2) is 5.82 Å². The third kappa shape index (κ3) is 5.87. The number of aromatic amines is 1. The Hall–Kier alpha value is -4.43. The Morgan fingerprint density at radius 1 is 0.912 bits per heavy atom. The molecule has 0 radical (unpaired) electrons. The summed E-state index contributed by atoms with van der Waals surface area (Å²) in [6.07, 6.45) is 3.28. The SMILES string of the molecule is CN(C)C/C=C/C(=O)Nc1ccc(C(=O)Nc2cccc(Nc3n[nH]c4ccccc34)c2)cc1. The van der Waals surface area contributed by atoms with Crippen molar-refractivity contribution in [2.45, 2.75) is 0 Å². The lowest BCUT2D eigenvalue weighted by atomic mass is 10.2. The summed E-state index contributed by atoms with van der Waals surface area (Å²) in [6, 6.07) is 22.0. The molecule has 8 nitrogen and oxygen atoms in total. The van der Waals surface area contributed by atoms with Gasteiger partial charge in [0, 0.05) is 40.6 Å². The van der Waals surface area contributed by atoms with Crippen LogP contribution in [-0.2, 0) is 4.79 Å². The van der Waals surface area contributed by atoms with Crippen LogP contribution >= 0.6 is 0 Å². The highest BCUT2D eigenvalue weighted by atomic mass is 16.2. The van der Waals surface area contributed by atoms with Gasteiger partial charge in [0.1, 0.15) is 0 Å². The van der Waals surface area contributed by atoms with Crippen LogP contribution in [0.25, 0.3) is 10.9 Å². The third-order valence-electron chi connectivity index (χ3n) is 5.01.